The van der Waals surface area contributed by atoms with E-state index in [9.17, 15) is 4.79 Å². The van der Waals surface area contributed by atoms with Gasteiger partial charge in [0.1, 0.15) is 0 Å². The van der Waals surface area contributed by atoms with Crippen molar-refractivity contribution in [1.29, 1.82) is 0 Å². The van der Waals surface area contributed by atoms with Gasteiger partial charge in [-0.15, -0.1) is 0 Å². The van der Waals surface area contributed by atoms with E-state index in [2.05, 4.69) is 21.2 Å². The molecule has 3 heteroatoms. The van der Waals surface area contributed by atoms with Gasteiger partial charge in [-0.3, -0.25) is 4.79 Å². The van der Waals surface area contributed by atoms with E-state index in [1.807, 2.05) is 39.0 Å². The van der Waals surface area contributed by atoms with Crippen LogP contribution in [-0.2, 0) is 11.3 Å². The highest BCUT2D eigenvalue weighted by Crippen LogP contribution is 2.15. The molecule has 1 aromatic carbocycles. The van der Waals surface area contributed by atoms with Crippen molar-refractivity contribution in [3.63, 3.8) is 0 Å². The molecule has 0 fully saturated rings. The highest BCUT2D eigenvalue weighted by Gasteiger charge is 2.06. The van der Waals surface area contributed by atoms with Crippen LogP contribution in [0, 0.1) is 12.8 Å². The lowest BCUT2D eigenvalue weighted by Gasteiger charge is -2.10. The lowest BCUT2D eigenvalue weighted by Crippen LogP contribution is -2.27. The van der Waals surface area contributed by atoms with Gasteiger partial charge >= 0.3 is 0 Å². The number of amides is 1. The number of aryl methyl sites for hydroxylation is 1. The summed E-state index contributed by atoms with van der Waals surface area (Å²) < 4.78 is 1.04. The van der Waals surface area contributed by atoms with Crippen molar-refractivity contribution in [3.8, 4) is 0 Å². The Labute approximate surface area is 99.2 Å². The van der Waals surface area contributed by atoms with Crippen molar-refractivity contribution < 1.29 is 4.79 Å². The van der Waals surface area contributed by atoms with Crippen LogP contribution < -0.4 is 5.32 Å². The fourth-order valence-electron chi connectivity index (χ4n) is 1.22. The van der Waals surface area contributed by atoms with Crippen LogP contribution in [0.3, 0.4) is 0 Å². The first-order valence-electron chi connectivity index (χ1n) is 5.03. The van der Waals surface area contributed by atoms with E-state index < -0.39 is 0 Å². The van der Waals surface area contributed by atoms with Crippen LogP contribution in [0.5, 0.6) is 0 Å². The Bertz CT molecular complexity index is 361. The zero-order valence-electron chi connectivity index (χ0n) is 9.30. The molecule has 1 N–H and O–H groups in total. The average molecular weight is 270 g/mol. The third-order valence-corrected chi connectivity index (χ3v) is 2.78. The van der Waals surface area contributed by atoms with Gasteiger partial charge in [-0.2, -0.15) is 0 Å². The fraction of sp³-hybridized carbons (Fsp3) is 0.417. The summed E-state index contributed by atoms with van der Waals surface area (Å²) in [7, 11) is 0. The third-order valence-electron chi connectivity index (χ3n) is 2.29. The minimum atomic E-state index is 0.0393. The maximum absolute atomic E-state index is 11.4. The van der Waals surface area contributed by atoms with E-state index in [-0.39, 0.29) is 11.8 Å². The van der Waals surface area contributed by atoms with Gasteiger partial charge in [-0.25, -0.2) is 0 Å². The van der Waals surface area contributed by atoms with Crippen molar-refractivity contribution in [3.05, 3.63) is 33.8 Å². The zero-order chi connectivity index (χ0) is 11.4. The topological polar surface area (TPSA) is 29.1 Å². The number of benzene rings is 1. The Hall–Kier alpha value is -0.830. The van der Waals surface area contributed by atoms with Crippen LogP contribution in [0.25, 0.3) is 0 Å². The molecule has 0 saturated heterocycles. The highest BCUT2D eigenvalue weighted by molar-refractivity contribution is 9.10. The normalized spacial score (nSPS) is 10.5. The van der Waals surface area contributed by atoms with Gasteiger partial charge in [0, 0.05) is 16.9 Å². The Morgan fingerprint density at radius 1 is 1.47 bits per heavy atom. The molecule has 0 spiro atoms. The molecule has 0 aliphatic heterocycles. The number of carbonyl (C=O) groups excluding carboxylic acids is 1. The molecule has 0 atom stereocenters. The third kappa shape index (κ3) is 3.67. The smallest absolute Gasteiger partial charge is 0.222 e. The first-order chi connectivity index (χ1) is 7.00. The molecule has 0 radical (unpaired) electrons. The van der Waals surface area contributed by atoms with Crippen LogP contribution >= 0.6 is 15.9 Å². The summed E-state index contributed by atoms with van der Waals surface area (Å²) in [4.78, 5) is 11.4. The van der Waals surface area contributed by atoms with E-state index >= 15 is 0 Å². The molecule has 82 valence electrons. The Kier molecular flexibility index (Phi) is 4.33. The number of hydrogen-bond donors (Lipinski definition) is 1. The van der Waals surface area contributed by atoms with Gasteiger partial charge in [0.25, 0.3) is 0 Å². The van der Waals surface area contributed by atoms with Crippen molar-refractivity contribution >= 4 is 21.8 Å². The predicted molar refractivity (Wildman–Crippen MR) is 65.6 cm³/mol. The fourth-order valence-corrected chi connectivity index (χ4v) is 1.63. The molecule has 1 aromatic rings. The number of nitrogens with one attached hydrogen (secondary N) is 1. The second-order valence-corrected chi connectivity index (χ2v) is 4.86. The highest BCUT2D eigenvalue weighted by atomic mass is 79.9. The van der Waals surface area contributed by atoms with Gasteiger partial charge in [0.15, 0.2) is 0 Å². The second kappa shape index (κ2) is 5.31. The molecule has 1 rings (SSSR count). The molecule has 0 aromatic heterocycles. The maximum atomic E-state index is 11.4. The molecule has 15 heavy (non-hydrogen) atoms. The molecule has 0 bridgehead atoms. The van der Waals surface area contributed by atoms with Crippen LogP contribution in [0.1, 0.15) is 25.0 Å². The molecule has 0 aliphatic rings. The Balaban J connectivity index is 2.65. The van der Waals surface area contributed by atoms with E-state index in [0.717, 1.165) is 10.0 Å². The number of rotatable bonds is 3. The summed E-state index contributed by atoms with van der Waals surface area (Å²) in [5.74, 6) is 0.131. The molecular formula is C12H16BrNO. The summed E-state index contributed by atoms with van der Waals surface area (Å²) in [5, 5.41) is 2.91. The zero-order valence-corrected chi connectivity index (χ0v) is 10.9. The first kappa shape index (κ1) is 12.2. The van der Waals surface area contributed by atoms with E-state index in [1.165, 1.54) is 5.56 Å². The molecule has 2 nitrogen and oxygen atoms in total. The summed E-state index contributed by atoms with van der Waals surface area (Å²) in [6.07, 6.45) is 0. The SMILES string of the molecule is Cc1ccc(Br)cc1CNC(=O)C(C)C. The van der Waals surface area contributed by atoms with Gasteiger partial charge in [0.05, 0.1) is 0 Å². The minimum absolute atomic E-state index is 0.0393. The summed E-state index contributed by atoms with van der Waals surface area (Å²) >= 11 is 3.42. The Morgan fingerprint density at radius 3 is 2.73 bits per heavy atom. The average Bonchev–Trinajstić information content (AvgIpc) is 2.18. The van der Waals surface area contributed by atoms with Crippen molar-refractivity contribution in [2.45, 2.75) is 27.3 Å². The van der Waals surface area contributed by atoms with Crippen molar-refractivity contribution in [1.82, 2.24) is 5.32 Å². The Morgan fingerprint density at radius 2 is 2.13 bits per heavy atom. The van der Waals surface area contributed by atoms with Crippen LogP contribution in [-0.4, -0.2) is 5.91 Å². The largest absolute Gasteiger partial charge is 0.352 e. The van der Waals surface area contributed by atoms with E-state index in [0.29, 0.717) is 6.54 Å². The monoisotopic (exact) mass is 269 g/mol. The second-order valence-electron chi connectivity index (χ2n) is 3.94. The summed E-state index contributed by atoms with van der Waals surface area (Å²) in [6.45, 7) is 6.43. The van der Waals surface area contributed by atoms with Gasteiger partial charge < -0.3 is 5.32 Å². The van der Waals surface area contributed by atoms with Gasteiger partial charge in [-0.1, -0.05) is 35.8 Å². The maximum Gasteiger partial charge on any atom is 0.222 e. The lowest BCUT2D eigenvalue weighted by atomic mass is 10.1. The molecule has 1 amide bonds. The van der Waals surface area contributed by atoms with Gasteiger partial charge in [0.2, 0.25) is 5.91 Å². The van der Waals surface area contributed by atoms with Crippen molar-refractivity contribution in [2.24, 2.45) is 5.92 Å². The minimum Gasteiger partial charge on any atom is -0.352 e. The standard InChI is InChI=1S/C12H16BrNO/c1-8(2)12(15)14-7-10-6-11(13)5-4-9(10)3/h4-6,8H,7H2,1-3H3,(H,14,15). The van der Waals surface area contributed by atoms with Crippen molar-refractivity contribution in [2.75, 3.05) is 0 Å². The van der Waals surface area contributed by atoms with Crippen LogP contribution in [0.4, 0.5) is 0 Å². The summed E-state index contributed by atoms with van der Waals surface area (Å²) in [5.41, 5.74) is 2.35. The van der Waals surface area contributed by atoms with E-state index in [4.69, 9.17) is 0 Å². The quantitative estimate of drug-likeness (QED) is 0.898. The molecular weight excluding hydrogens is 254 g/mol. The van der Waals surface area contributed by atoms with E-state index in [1.54, 1.807) is 0 Å². The first-order valence-corrected chi connectivity index (χ1v) is 5.82. The molecule has 0 saturated carbocycles. The summed E-state index contributed by atoms with van der Waals surface area (Å²) in [6, 6.07) is 6.08. The number of halogens is 1. The van der Waals surface area contributed by atoms with Crippen LogP contribution in [0.2, 0.25) is 0 Å². The van der Waals surface area contributed by atoms with Gasteiger partial charge in [-0.05, 0) is 30.2 Å². The molecule has 0 heterocycles. The van der Waals surface area contributed by atoms with Crippen LogP contribution in [0.15, 0.2) is 22.7 Å². The predicted octanol–water partition coefficient (Wildman–Crippen LogP) is 3.03. The molecule has 0 unspecified atom stereocenters. The number of carbonyl (C=O) groups is 1. The molecule has 0 aliphatic carbocycles. The lowest BCUT2D eigenvalue weighted by molar-refractivity contribution is -0.124. The number of hydrogen-bond acceptors (Lipinski definition) is 1.